The van der Waals surface area contributed by atoms with Crippen LogP contribution in [-0.2, 0) is 0 Å². The Bertz CT molecular complexity index is 792. The second kappa shape index (κ2) is 5.98. The molecule has 1 aromatic carbocycles. The first-order valence-corrected chi connectivity index (χ1v) is 6.52. The van der Waals surface area contributed by atoms with E-state index in [0.29, 0.717) is 0 Å². The van der Waals surface area contributed by atoms with E-state index in [-0.39, 0.29) is 21.9 Å². The number of aromatic hydroxyl groups is 3. The molecular weight excluding hydrogens is 328 g/mol. The number of carbonyl (C=O) groups excluding carboxylic acids is 1. The number of hydrogen-bond acceptors (Lipinski definition) is 6. The molecule has 0 bridgehead atoms. The molecule has 0 spiro atoms. The van der Waals surface area contributed by atoms with Gasteiger partial charge in [0.05, 0.1) is 11.1 Å². The largest absolute Gasteiger partial charge is 0.507 e. The van der Waals surface area contributed by atoms with E-state index in [1.54, 1.807) is 0 Å². The van der Waals surface area contributed by atoms with Crippen molar-refractivity contribution in [2.75, 3.05) is 0 Å². The molecule has 0 saturated carbocycles. The van der Waals surface area contributed by atoms with Crippen molar-refractivity contribution in [1.29, 1.82) is 0 Å². The summed E-state index contributed by atoms with van der Waals surface area (Å²) in [4.78, 5) is 9.66. The van der Waals surface area contributed by atoms with Gasteiger partial charge in [-0.3, -0.25) is 4.79 Å². The van der Waals surface area contributed by atoms with Crippen LogP contribution in [0.3, 0.4) is 0 Å². The van der Waals surface area contributed by atoms with Crippen LogP contribution < -0.4 is 0 Å². The number of phenols is 3. The molecule has 0 saturated heterocycles. The Morgan fingerprint density at radius 3 is 2.09 bits per heavy atom. The molecule has 0 fully saturated rings. The molecular formula is C15H12ClO7+. The number of ketones is 1. The van der Waals surface area contributed by atoms with Gasteiger partial charge in [0.15, 0.2) is 17.2 Å². The van der Waals surface area contributed by atoms with Crippen LogP contribution in [0.2, 0.25) is 0 Å². The lowest BCUT2D eigenvalue weighted by Gasteiger charge is -2.08. The number of phenolic OH excluding ortho intramolecular Hbond substituents is 3. The van der Waals surface area contributed by atoms with Crippen LogP contribution in [0.5, 0.6) is 17.2 Å². The molecule has 0 unspecified atom stereocenters. The van der Waals surface area contributed by atoms with Gasteiger partial charge in [-0.25, -0.2) is 0 Å². The maximum absolute atomic E-state index is 9.98. The van der Waals surface area contributed by atoms with Gasteiger partial charge in [-0.05, 0) is 12.1 Å². The highest BCUT2D eigenvalue weighted by molar-refractivity contribution is 6.49. The number of aliphatic hydroxyl groups is 3. The Labute approximate surface area is 134 Å². The molecule has 0 heterocycles. The van der Waals surface area contributed by atoms with Crippen LogP contribution in [0, 0.1) is 0 Å². The van der Waals surface area contributed by atoms with Crippen LogP contribution in [0.4, 0.5) is 0 Å². The highest BCUT2D eigenvalue weighted by Gasteiger charge is 2.24. The minimum atomic E-state index is -0.740. The van der Waals surface area contributed by atoms with E-state index in [4.69, 9.17) is 11.6 Å². The fourth-order valence-electron chi connectivity index (χ4n) is 1.84. The van der Waals surface area contributed by atoms with E-state index in [1.807, 2.05) is 0 Å². The van der Waals surface area contributed by atoms with E-state index in [0.717, 1.165) is 30.4 Å². The number of halogens is 1. The first kappa shape index (κ1) is 16.3. The molecule has 0 atom stereocenters. The van der Waals surface area contributed by atoms with Crippen molar-refractivity contribution in [3.63, 3.8) is 0 Å². The summed E-state index contributed by atoms with van der Waals surface area (Å²) in [6.45, 7) is 0. The quantitative estimate of drug-likeness (QED) is 0.211. The molecule has 0 radical (unpaired) electrons. The van der Waals surface area contributed by atoms with Crippen molar-refractivity contribution in [1.82, 2.24) is 0 Å². The van der Waals surface area contributed by atoms with Crippen molar-refractivity contribution < 1.29 is 35.4 Å². The standard InChI is InChI=1S/C15H11ClO7/c16-14(6-1-12(21)15(23)13(22)2-6)11(20)5-8-9(18)3-7(17)4-10(8)19/h1-5,17-18,20-23H/p+1/b8-5-,14-11+. The average molecular weight is 340 g/mol. The van der Waals surface area contributed by atoms with Gasteiger partial charge in [0, 0.05) is 17.7 Å². The zero-order chi connectivity index (χ0) is 17.3. The van der Waals surface area contributed by atoms with Gasteiger partial charge in [-0.1, -0.05) is 11.6 Å². The first-order valence-electron chi connectivity index (χ1n) is 6.14. The Balaban J connectivity index is 2.48. The topological polar surface area (TPSA) is 143 Å². The smallest absolute Gasteiger partial charge is 0.354 e. The summed E-state index contributed by atoms with van der Waals surface area (Å²) in [5.74, 6) is -4.03. The lowest BCUT2D eigenvalue weighted by molar-refractivity contribution is 0.367. The van der Waals surface area contributed by atoms with Gasteiger partial charge >= 0.3 is 5.78 Å². The number of aliphatic hydroxyl groups excluding tert-OH is 3. The van der Waals surface area contributed by atoms with Gasteiger partial charge in [0.2, 0.25) is 0 Å². The highest BCUT2D eigenvalue weighted by atomic mass is 35.5. The molecule has 8 heteroatoms. The molecule has 0 aromatic heterocycles. The number of rotatable bonds is 2. The second-order valence-electron chi connectivity index (χ2n) is 4.60. The fourth-order valence-corrected chi connectivity index (χ4v) is 2.00. The summed E-state index contributed by atoms with van der Waals surface area (Å²) >= 11 is 5.92. The maximum atomic E-state index is 9.98. The predicted octanol–water partition coefficient (Wildman–Crippen LogP) is 2.64. The zero-order valence-electron chi connectivity index (χ0n) is 11.4. The average Bonchev–Trinajstić information content (AvgIpc) is 2.46. The number of hydrogen-bond donors (Lipinski definition) is 6. The summed E-state index contributed by atoms with van der Waals surface area (Å²) in [6, 6.07) is 2.00. The molecule has 7 nitrogen and oxygen atoms in total. The van der Waals surface area contributed by atoms with E-state index in [9.17, 15) is 35.4 Å². The van der Waals surface area contributed by atoms with Crippen molar-refractivity contribution in [2.24, 2.45) is 0 Å². The molecule has 0 amide bonds. The number of allylic oxidation sites excluding steroid dienone is 4. The highest BCUT2D eigenvalue weighted by Crippen LogP contribution is 2.39. The van der Waals surface area contributed by atoms with Gasteiger partial charge < -0.3 is 30.6 Å². The minimum absolute atomic E-state index is 0.0222. The van der Waals surface area contributed by atoms with Gasteiger partial charge in [0.25, 0.3) is 0 Å². The number of benzene rings is 1. The molecule has 7 N–H and O–H groups in total. The second-order valence-corrected chi connectivity index (χ2v) is 4.98. The van der Waals surface area contributed by atoms with E-state index < -0.39 is 34.6 Å². The Morgan fingerprint density at radius 2 is 1.57 bits per heavy atom. The SMILES string of the molecule is OC1=CC(=[OH+])/C(=C\C(O)=C(/Cl)c2cc(O)c(O)c(O)c2)C(O)=C1. The third-order valence-corrected chi connectivity index (χ3v) is 3.36. The summed E-state index contributed by atoms with van der Waals surface area (Å²) in [6.07, 6.45) is 2.82. The monoisotopic (exact) mass is 339 g/mol. The molecule has 1 aliphatic carbocycles. The molecule has 1 aromatic rings. The lowest BCUT2D eigenvalue weighted by Crippen LogP contribution is -2.09. The molecule has 120 valence electrons. The van der Waals surface area contributed by atoms with Crippen molar-refractivity contribution in [2.45, 2.75) is 0 Å². The normalized spacial score (nSPS) is 17.6. The van der Waals surface area contributed by atoms with Gasteiger partial charge in [-0.15, -0.1) is 0 Å². The Hall–Kier alpha value is -3.06. The molecule has 1 aliphatic rings. The first-order chi connectivity index (χ1) is 10.7. The van der Waals surface area contributed by atoms with Crippen LogP contribution in [0.1, 0.15) is 5.56 Å². The molecule has 0 aliphatic heterocycles. The van der Waals surface area contributed by atoms with Crippen LogP contribution in [0.25, 0.3) is 5.03 Å². The Kier molecular flexibility index (Phi) is 4.24. The van der Waals surface area contributed by atoms with Crippen molar-refractivity contribution in [3.05, 3.63) is 58.8 Å². The molecule has 2 rings (SSSR count). The summed E-state index contributed by atoms with van der Waals surface area (Å²) in [5, 5.41) is 56.6. The Morgan fingerprint density at radius 1 is 1.00 bits per heavy atom. The summed E-state index contributed by atoms with van der Waals surface area (Å²) in [5.41, 5.74) is -0.225. The van der Waals surface area contributed by atoms with Crippen LogP contribution in [-0.4, -0.2) is 41.2 Å². The van der Waals surface area contributed by atoms with E-state index in [2.05, 4.69) is 0 Å². The lowest BCUT2D eigenvalue weighted by atomic mass is 10.0. The van der Waals surface area contributed by atoms with Gasteiger partial charge in [0.1, 0.15) is 22.9 Å². The summed E-state index contributed by atoms with van der Waals surface area (Å²) in [7, 11) is 0. The van der Waals surface area contributed by atoms with Crippen LogP contribution in [0.15, 0.2) is 53.2 Å². The van der Waals surface area contributed by atoms with E-state index >= 15 is 0 Å². The summed E-state index contributed by atoms with van der Waals surface area (Å²) < 4.78 is 0. The predicted molar refractivity (Wildman–Crippen MR) is 83.3 cm³/mol. The fraction of sp³-hybridized carbons (Fsp3) is 0. The van der Waals surface area contributed by atoms with Gasteiger partial charge in [-0.2, -0.15) is 0 Å². The van der Waals surface area contributed by atoms with E-state index in [1.165, 1.54) is 0 Å². The van der Waals surface area contributed by atoms with Crippen LogP contribution >= 0.6 is 11.6 Å². The van der Waals surface area contributed by atoms with Crippen molar-refractivity contribution >= 4 is 22.4 Å². The molecule has 23 heavy (non-hydrogen) atoms. The third-order valence-electron chi connectivity index (χ3n) is 2.95. The van der Waals surface area contributed by atoms with Crippen molar-refractivity contribution in [3.8, 4) is 17.2 Å². The minimum Gasteiger partial charge on any atom is -0.507 e. The third kappa shape index (κ3) is 3.24. The maximum Gasteiger partial charge on any atom is 0.354 e. The zero-order valence-corrected chi connectivity index (χ0v) is 12.2.